The minimum absolute atomic E-state index is 0.525. The first-order chi connectivity index (χ1) is 12.9. The molecule has 0 saturated heterocycles. The molecule has 0 spiro atoms. The molecule has 0 amide bonds. The van der Waals surface area contributed by atoms with Crippen molar-refractivity contribution >= 4 is 46.0 Å². The topological polar surface area (TPSA) is 33.1 Å². The molecule has 0 aliphatic carbocycles. The van der Waals surface area contributed by atoms with E-state index in [4.69, 9.17) is 23.8 Å². The molecular weight excluding hydrogens is 396 g/mol. The van der Waals surface area contributed by atoms with Gasteiger partial charge in [0.05, 0.1) is 6.67 Å². The minimum Gasteiger partial charge on any atom is -0.330 e. The maximum Gasteiger partial charge on any atom is 0.209 e. The average molecular weight is 419 g/mol. The Labute approximate surface area is 174 Å². The molecule has 142 valence electrons. The molecule has 1 heterocycles. The molecule has 1 aromatic heterocycles. The summed E-state index contributed by atoms with van der Waals surface area (Å²) in [7, 11) is 2.05. The van der Waals surface area contributed by atoms with Gasteiger partial charge in [0.25, 0.3) is 0 Å². The number of benzene rings is 2. The van der Waals surface area contributed by atoms with Crippen molar-refractivity contribution in [3.8, 4) is 0 Å². The summed E-state index contributed by atoms with van der Waals surface area (Å²) < 4.78 is 2.60. The monoisotopic (exact) mass is 418 g/mol. The van der Waals surface area contributed by atoms with Crippen molar-refractivity contribution in [1.82, 2.24) is 14.7 Å². The molecule has 27 heavy (non-hydrogen) atoms. The van der Waals surface area contributed by atoms with Crippen molar-refractivity contribution < 1.29 is 0 Å². The molecule has 7 heteroatoms. The van der Waals surface area contributed by atoms with Crippen molar-refractivity contribution in [3.05, 3.63) is 68.6 Å². The molecule has 1 N–H and O–H groups in total. The molecule has 0 unspecified atom stereocenters. The van der Waals surface area contributed by atoms with Crippen molar-refractivity contribution in [2.24, 2.45) is 0 Å². The molecule has 0 atom stereocenters. The second-order valence-corrected chi connectivity index (χ2v) is 8.92. The summed E-state index contributed by atoms with van der Waals surface area (Å²) in [6.07, 6.45) is 0. The molecule has 0 aliphatic heterocycles. The Morgan fingerprint density at radius 1 is 1.15 bits per heavy atom. The second-order valence-electron chi connectivity index (χ2n) is 6.86. The summed E-state index contributed by atoms with van der Waals surface area (Å²) in [6.45, 7) is 5.81. The minimum atomic E-state index is 0.525. The Morgan fingerprint density at radius 3 is 2.44 bits per heavy atom. The first kappa shape index (κ1) is 20.0. The normalized spacial score (nSPS) is 11.3. The highest BCUT2D eigenvalue weighted by molar-refractivity contribution is 7.73. The largest absolute Gasteiger partial charge is 0.330 e. The summed E-state index contributed by atoms with van der Waals surface area (Å²) in [5.41, 5.74) is 3.54. The number of hydrogen-bond acceptors (Lipinski definition) is 5. The fourth-order valence-electron chi connectivity index (χ4n) is 2.70. The Kier molecular flexibility index (Phi) is 6.65. The van der Waals surface area contributed by atoms with Crippen LogP contribution in [0.25, 0.3) is 0 Å². The highest BCUT2D eigenvalue weighted by atomic mass is 35.5. The highest BCUT2D eigenvalue weighted by Crippen LogP contribution is 2.23. The van der Waals surface area contributed by atoms with Crippen LogP contribution in [0.5, 0.6) is 0 Å². The molecule has 0 radical (unpaired) electrons. The van der Waals surface area contributed by atoms with Gasteiger partial charge in [0, 0.05) is 17.3 Å². The zero-order valence-electron chi connectivity index (χ0n) is 15.6. The van der Waals surface area contributed by atoms with Gasteiger partial charge in [-0.25, -0.2) is 4.68 Å². The lowest BCUT2D eigenvalue weighted by Gasteiger charge is -2.16. The Bertz CT molecular complexity index is 930. The van der Waals surface area contributed by atoms with Crippen molar-refractivity contribution in [2.75, 3.05) is 12.4 Å². The maximum absolute atomic E-state index is 5.94. The van der Waals surface area contributed by atoms with Crippen LogP contribution in [0, 0.1) is 3.95 Å². The predicted octanol–water partition coefficient (Wildman–Crippen LogP) is 6.28. The average Bonchev–Trinajstić information content (AvgIpc) is 2.96. The van der Waals surface area contributed by atoms with E-state index in [0.29, 0.717) is 12.6 Å². The molecule has 2 aromatic carbocycles. The van der Waals surface area contributed by atoms with Gasteiger partial charge < -0.3 is 5.32 Å². The van der Waals surface area contributed by atoms with E-state index in [1.807, 2.05) is 36.0 Å². The number of aromatic nitrogens is 2. The van der Waals surface area contributed by atoms with Crippen LogP contribution in [0.3, 0.4) is 0 Å². The predicted molar refractivity (Wildman–Crippen MR) is 118 cm³/mol. The van der Waals surface area contributed by atoms with Gasteiger partial charge in [-0.1, -0.05) is 61.1 Å². The van der Waals surface area contributed by atoms with Crippen LogP contribution in [0.15, 0.2) is 48.5 Å². The van der Waals surface area contributed by atoms with E-state index in [1.165, 1.54) is 22.5 Å². The van der Waals surface area contributed by atoms with Gasteiger partial charge in [-0.15, -0.1) is 5.10 Å². The Balaban J connectivity index is 1.63. The molecule has 0 fully saturated rings. The number of halogens is 1. The molecule has 4 nitrogen and oxygen atoms in total. The molecular formula is C20H23ClN4S2. The van der Waals surface area contributed by atoms with E-state index in [9.17, 15) is 0 Å². The molecule has 0 aliphatic rings. The fraction of sp³-hybridized carbons (Fsp3) is 0.300. The van der Waals surface area contributed by atoms with Gasteiger partial charge in [0.15, 0.2) is 3.95 Å². The summed E-state index contributed by atoms with van der Waals surface area (Å²) in [5, 5.41) is 9.52. The zero-order chi connectivity index (χ0) is 19.4. The third-order valence-corrected chi connectivity index (χ3v) is 5.65. The summed E-state index contributed by atoms with van der Waals surface area (Å²) in [4.78, 5) is 2.17. The van der Waals surface area contributed by atoms with Crippen LogP contribution >= 0.6 is 35.2 Å². The highest BCUT2D eigenvalue weighted by Gasteiger charge is 2.08. The quantitative estimate of drug-likeness (QED) is 0.457. The number of anilines is 2. The standard InChI is InChI=1S/C20H23ClN4S2/c1-14(2)16-6-10-18(11-7-16)22-19-23-25(20(26)27-19)13-24(3)12-15-4-8-17(21)9-5-15/h4-11,14H,12-13H2,1-3H3,(H,22,23). The molecule has 3 aromatic rings. The second kappa shape index (κ2) is 8.97. The number of nitrogens with zero attached hydrogens (tertiary/aromatic N) is 3. The molecule has 3 rings (SSSR count). The van der Waals surface area contributed by atoms with Gasteiger partial charge in [-0.05, 0) is 60.6 Å². The summed E-state index contributed by atoms with van der Waals surface area (Å²) in [5.74, 6) is 0.525. The van der Waals surface area contributed by atoms with Gasteiger partial charge in [0.2, 0.25) is 5.13 Å². The Hall–Kier alpha value is -1.73. The lowest BCUT2D eigenvalue weighted by atomic mass is 10.0. The lowest BCUT2D eigenvalue weighted by molar-refractivity contribution is 0.245. The number of nitrogens with one attached hydrogen (secondary N) is 1. The van der Waals surface area contributed by atoms with E-state index in [0.717, 1.165) is 26.3 Å². The smallest absolute Gasteiger partial charge is 0.209 e. The first-order valence-corrected chi connectivity index (χ1v) is 10.4. The SMILES string of the molecule is CC(C)c1ccc(Nc2nn(CN(C)Cc3ccc(Cl)cc3)c(=S)s2)cc1. The molecule has 0 saturated carbocycles. The van der Waals surface area contributed by atoms with Gasteiger partial charge in [-0.2, -0.15) is 0 Å². The first-order valence-electron chi connectivity index (χ1n) is 8.78. The van der Waals surface area contributed by atoms with Crippen LogP contribution in [-0.2, 0) is 13.2 Å². The summed E-state index contributed by atoms with van der Waals surface area (Å²) in [6, 6.07) is 16.3. The van der Waals surface area contributed by atoms with E-state index in [2.05, 4.69) is 53.4 Å². The van der Waals surface area contributed by atoms with Gasteiger partial charge in [-0.3, -0.25) is 4.90 Å². The van der Waals surface area contributed by atoms with Crippen LogP contribution in [0.4, 0.5) is 10.8 Å². The van der Waals surface area contributed by atoms with E-state index < -0.39 is 0 Å². The van der Waals surface area contributed by atoms with Gasteiger partial charge >= 0.3 is 0 Å². The third kappa shape index (κ3) is 5.62. The van der Waals surface area contributed by atoms with E-state index in [-0.39, 0.29) is 0 Å². The van der Waals surface area contributed by atoms with E-state index >= 15 is 0 Å². The van der Waals surface area contributed by atoms with Crippen LogP contribution < -0.4 is 5.32 Å². The molecule has 0 bridgehead atoms. The van der Waals surface area contributed by atoms with Crippen LogP contribution in [0.2, 0.25) is 5.02 Å². The Morgan fingerprint density at radius 2 is 1.81 bits per heavy atom. The number of rotatable bonds is 7. The van der Waals surface area contributed by atoms with Gasteiger partial charge in [0.1, 0.15) is 0 Å². The fourth-order valence-corrected chi connectivity index (χ4v) is 3.84. The van der Waals surface area contributed by atoms with Crippen molar-refractivity contribution in [3.63, 3.8) is 0 Å². The van der Waals surface area contributed by atoms with Crippen molar-refractivity contribution in [2.45, 2.75) is 33.0 Å². The van der Waals surface area contributed by atoms with Crippen LogP contribution in [-0.4, -0.2) is 21.7 Å². The lowest BCUT2D eigenvalue weighted by Crippen LogP contribution is -2.22. The number of hydrogen-bond donors (Lipinski definition) is 1. The zero-order valence-corrected chi connectivity index (χ0v) is 18.0. The van der Waals surface area contributed by atoms with Crippen LogP contribution in [0.1, 0.15) is 30.9 Å². The summed E-state index contributed by atoms with van der Waals surface area (Å²) >= 11 is 12.9. The van der Waals surface area contributed by atoms with E-state index in [1.54, 1.807) is 0 Å². The third-order valence-electron chi connectivity index (χ3n) is 4.18. The van der Waals surface area contributed by atoms with Crippen molar-refractivity contribution in [1.29, 1.82) is 0 Å². The maximum atomic E-state index is 5.94.